The molecule has 1 aliphatic heterocycles. The predicted octanol–water partition coefficient (Wildman–Crippen LogP) is 3.12. The molecule has 4 rings (SSSR count). The van der Waals surface area contributed by atoms with Gasteiger partial charge < -0.3 is 10.1 Å². The van der Waals surface area contributed by atoms with Gasteiger partial charge in [-0.2, -0.15) is 0 Å². The Morgan fingerprint density at radius 2 is 1.55 bits per heavy atom. The lowest BCUT2D eigenvalue weighted by Crippen LogP contribution is -2.17. The maximum absolute atomic E-state index is 5.36. The smallest absolute Gasteiger partial charge is 0.142 e. The van der Waals surface area contributed by atoms with E-state index in [1.54, 1.807) is 12.4 Å². The number of benzene rings is 1. The zero-order chi connectivity index (χ0) is 13.6. The average molecular weight is 265 g/mol. The number of anilines is 1. The van der Waals surface area contributed by atoms with Crippen LogP contribution in [0.15, 0.2) is 60.9 Å². The quantitative estimate of drug-likeness (QED) is 0.678. The Labute approximate surface area is 117 Å². The number of hydrogen-bond acceptors (Lipinski definition) is 4. The molecule has 0 saturated carbocycles. The summed E-state index contributed by atoms with van der Waals surface area (Å²) in [4.78, 5) is 8.24. The minimum Gasteiger partial charge on any atom is -0.490 e. The van der Waals surface area contributed by atoms with Crippen LogP contribution >= 0.6 is 0 Å². The fourth-order valence-electron chi connectivity index (χ4n) is 1.99. The molecule has 0 aliphatic carbocycles. The summed E-state index contributed by atoms with van der Waals surface area (Å²) < 4.78 is 5.36. The summed E-state index contributed by atoms with van der Waals surface area (Å²) in [6, 6.07) is 15.6. The Bertz CT molecular complexity index is 609. The SMILES string of the molecule is c1ccc2c(c1)NCCO2.c1cnc2cccnc2c1. The fourth-order valence-corrected chi connectivity index (χ4v) is 1.99. The van der Waals surface area contributed by atoms with E-state index in [1.165, 1.54) is 0 Å². The highest BCUT2D eigenvalue weighted by molar-refractivity contribution is 5.72. The predicted molar refractivity (Wildman–Crippen MR) is 80.0 cm³/mol. The number of ether oxygens (including phenoxy) is 1. The number of fused-ring (bicyclic) bond motifs is 2. The van der Waals surface area contributed by atoms with Gasteiger partial charge in [-0.1, -0.05) is 12.1 Å². The van der Waals surface area contributed by atoms with Gasteiger partial charge in [-0.15, -0.1) is 0 Å². The van der Waals surface area contributed by atoms with Crippen LogP contribution in [0.5, 0.6) is 5.75 Å². The third-order valence-electron chi connectivity index (χ3n) is 2.93. The maximum Gasteiger partial charge on any atom is 0.142 e. The maximum atomic E-state index is 5.36. The van der Waals surface area contributed by atoms with Crippen LogP contribution in [0.4, 0.5) is 5.69 Å². The molecule has 1 aliphatic rings. The van der Waals surface area contributed by atoms with Crippen molar-refractivity contribution in [2.45, 2.75) is 0 Å². The van der Waals surface area contributed by atoms with Crippen LogP contribution in [0, 0.1) is 0 Å². The van der Waals surface area contributed by atoms with Gasteiger partial charge in [0.25, 0.3) is 0 Å². The van der Waals surface area contributed by atoms with E-state index in [0.29, 0.717) is 0 Å². The third-order valence-corrected chi connectivity index (χ3v) is 2.93. The lowest BCUT2D eigenvalue weighted by molar-refractivity contribution is 0.323. The Morgan fingerprint density at radius 1 is 0.850 bits per heavy atom. The van der Waals surface area contributed by atoms with Crippen molar-refractivity contribution >= 4 is 16.7 Å². The number of aromatic nitrogens is 2. The molecule has 3 aromatic rings. The van der Waals surface area contributed by atoms with Crippen LogP contribution in [0.3, 0.4) is 0 Å². The van der Waals surface area contributed by atoms with Crippen molar-refractivity contribution in [1.82, 2.24) is 9.97 Å². The standard InChI is InChI=1S/C8H6N2.C8H9NO/c1-3-7-8(9-5-1)4-2-6-10-7;1-2-4-8-7(3-1)9-5-6-10-8/h1-6H;1-4,9H,5-6H2. The van der Waals surface area contributed by atoms with Crippen molar-refractivity contribution in [3.8, 4) is 5.75 Å². The Morgan fingerprint density at radius 3 is 2.25 bits per heavy atom. The van der Waals surface area contributed by atoms with Crippen LogP contribution in [-0.4, -0.2) is 23.1 Å². The summed E-state index contributed by atoms with van der Waals surface area (Å²) in [7, 11) is 0. The second-order valence-electron chi connectivity index (χ2n) is 4.32. The van der Waals surface area contributed by atoms with Crippen LogP contribution in [0.1, 0.15) is 0 Å². The first kappa shape index (κ1) is 12.4. The summed E-state index contributed by atoms with van der Waals surface area (Å²) in [5, 5.41) is 3.24. The van der Waals surface area contributed by atoms with Crippen molar-refractivity contribution in [2.24, 2.45) is 0 Å². The van der Waals surface area contributed by atoms with Gasteiger partial charge in [0.2, 0.25) is 0 Å². The monoisotopic (exact) mass is 265 g/mol. The largest absolute Gasteiger partial charge is 0.490 e. The van der Waals surface area contributed by atoms with Gasteiger partial charge in [-0.25, -0.2) is 0 Å². The third kappa shape index (κ3) is 2.85. The number of nitrogens with zero attached hydrogens (tertiary/aromatic N) is 2. The van der Waals surface area contributed by atoms with Crippen molar-refractivity contribution < 1.29 is 4.74 Å². The molecule has 0 bridgehead atoms. The van der Waals surface area contributed by atoms with E-state index >= 15 is 0 Å². The number of pyridine rings is 2. The highest BCUT2D eigenvalue weighted by Gasteiger charge is 2.05. The topological polar surface area (TPSA) is 47.0 Å². The van der Waals surface area contributed by atoms with E-state index in [-0.39, 0.29) is 0 Å². The van der Waals surface area contributed by atoms with Gasteiger partial charge in [0.1, 0.15) is 12.4 Å². The molecule has 0 unspecified atom stereocenters. The normalized spacial score (nSPS) is 12.4. The van der Waals surface area contributed by atoms with Crippen molar-refractivity contribution in [1.29, 1.82) is 0 Å². The van der Waals surface area contributed by atoms with Crippen LogP contribution in [-0.2, 0) is 0 Å². The van der Waals surface area contributed by atoms with Gasteiger partial charge >= 0.3 is 0 Å². The molecule has 0 radical (unpaired) electrons. The molecule has 100 valence electrons. The molecule has 4 nitrogen and oxygen atoms in total. The second kappa shape index (κ2) is 6.02. The Hall–Kier alpha value is -2.62. The van der Waals surface area contributed by atoms with Crippen LogP contribution < -0.4 is 10.1 Å². The zero-order valence-electron chi connectivity index (χ0n) is 11.0. The van der Waals surface area contributed by atoms with Gasteiger partial charge in [0.05, 0.1) is 16.7 Å². The highest BCUT2D eigenvalue weighted by Crippen LogP contribution is 2.25. The van der Waals surface area contributed by atoms with E-state index in [0.717, 1.165) is 35.6 Å². The minimum absolute atomic E-state index is 0.775. The summed E-state index contributed by atoms with van der Waals surface area (Å²) in [5.41, 5.74) is 3.00. The summed E-state index contributed by atoms with van der Waals surface area (Å²) in [5.74, 6) is 0.966. The fraction of sp³-hybridized carbons (Fsp3) is 0.125. The first-order chi connectivity index (χ1) is 9.93. The van der Waals surface area contributed by atoms with Gasteiger partial charge in [-0.05, 0) is 36.4 Å². The second-order valence-corrected chi connectivity index (χ2v) is 4.32. The summed E-state index contributed by atoms with van der Waals surface area (Å²) >= 11 is 0. The van der Waals surface area contributed by atoms with E-state index in [9.17, 15) is 0 Å². The zero-order valence-corrected chi connectivity index (χ0v) is 11.0. The molecule has 0 spiro atoms. The molecule has 0 fully saturated rings. The molecule has 3 heterocycles. The Balaban J connectivity index is 0.000000121. The van der Waals surface area contributed by atoms with Crippen LogP contribution in [0.2, 0.25) is 0 Å². The average Bonchev–Trinajstić information content (AvgIpc) is 2.56. The number of hydrogen-bond donors (Lipinski definition) is 1. The lowest BCUT2D eigenvalue weighted by Gasteiger charge is -2.17. The molecule has 20 heavy (non-hydrogen) atoms. The van der Waals surface area contributed by atoms with Crippen molar-refractivity contribution in [2.75, 3.05) is 18.5 Å². The number of para-hydroxylation sites is 2. The molecular formula is C16H15N3O. The molecule has 2 aromatic heterocycles. The molecule has 0 saturated heterocycles. The van der Waals surface area contributed by atoms with Gasteiger partial charge in [0.15, 0.2) is 0 Å². The molecule has 1 N–H and O–H groups in total. The first-order valence-corrected chi connectivity index (χ1v) is 6.55. The first-order valence-electron chi connectivity index (χ1n) is 6.55. The molecule has 1 aromatic carbocycles. The molecule has 4 heteroatoms. The molecular weight excluding hydrogens is 250 g/mol. The van der Waals surface area contributed by atoms with Gasteiger partial charge in [0, 0.05) is 18.9 Å². The highest BCUT2D eigenvalue weighted by atomic mass is 16.5. The van der Waals surface area contributed by atoms with Crippen molar-refractivity contribution in [3.63, 3.8) is 0 Å². The van der Waals surface area contributed by atoms with E-state index in [1.807, 2.05) is 48.5 Å². The lowest BCUT2D eigenvalue weighted by atomic mass is 10.3. The molecule has 0 atom stereocenters. The Kier molecular flexibility index (Phi) is 3.73. The van der Waals surface area contributed by atoms with E-state index in [2.05, 4.69) is 15.3 Å². The van der Waals surface area contributed by atoms with Gasteiger partial charge in [-0.3, -0.25) is 9.97 Å². The molecule has 0 amide bonds. The van der Waals surface area contributed by atoms with E-state index in [4.69, 9.17) is 4.74 Å². The summed E-state index contributed by atoms with van der Waals surface area (Å²) in [6.45, 7) is 1.69. The minimum atomic E-state index is 0.775. The number of rotatable bonds is 0. The van der Waals surface area contributed by atoms with Crippen molar-refractivity contribution in [3.05, 3.63) is 60.9 Å². The van der Waals surface area contributed by atoms with E-state index < -0.39 is 0 Å². The van der Waals surface area contributed by atoms with Crippen LogP contribution in [0.25, 0.3) is 11.0 Å². The summed E-state index contributed by atoms with van der Waals surface area (Å²) in [6.07, 6.45) is 3.54. The number of nitrogens with one attached hydrogen (secondary N) is 1.